The van der Waals surface area contributed by atoms with Crippen molar-refractivity contribution in [3.05, 3.63) is 29.3 Å². The summed E-state index contributed by atoms with van der Waals surface area (Å²) in [5.41, 5.74) is -1.43. The summed E-state index contributed by atoms with van der Waals surface area (Å²) in [5, 5.41) is 11.9. The molecule has 18 heavy (non-hydrogen) atoms. The highest BCUT2D eigenvalue weighted by Gasteiger charge is 2.47. The van der Waals surface area contributed by atoms with Gasteiger partial charge in [-0.25, -0.2) is 17.6 Å². The molecule has 2 N–H and O–H groups in total. The summed E-state index contributed by atoms with van der Waals surface area (Å²) in [7, 11) is 0. The van der Waals surface area contributed by atoms with Crippen LogP contribution in [0, 0.1) is 28.7 Å². The zero-order chi connectivity index (χ0) is 13.7. The Hall–Kier alpha value is -1.30. The largest absolute Gasteiger partial charge is 0.392 e. The predicted octanol–water partition coefficient (Wildman–Crippen LogP) is 2.81. The molecule has 2 atom stereocenters. The lowest BCUT2D eigenvalue weighted by atomic mass is 9.64. The van der Waals surface area contributed by atoms with E-state index in [1.54, 1.807) is 13.8 Å². The SMILES string of the molecule is CC1(C)C(O)CC1Nc1c(F)c(F)cc(F)c1F. The monoisotopic (exact) mass is 263 g/mol. The molecule has 0 heterocycles. The maximum Gasteiger partial charge on any atom is 0.185 e. The van der Waals surface area contributed by atoms with E-state index in [4.69, 9.17) is 0 Å². The molecule has 0 saturated heterocycles. The van der Waals surface area contributed by atoms with Crippen LogP contribution < -0.4 is 5.32 Å². The number of rotatable bonds is 2. The standard InChI is InChI=1S/C12H13F4NO/c1-12(2)7(4-8(12)18)17-11-9(15)5(13)3-6(14)10(11)16/h3,7-8,17-18H,4H2,1-2H3. The van der Waals surface area contributed by atoms with Gasteiger partial charge in [0.1, 0.15) is 5.69 Å². The highest BCUT2D eigenvalue weighted by molar-refractivity contribution is 5.49. The van der Waals surface area contributed by atoms with Gasteiger partial charge < -0.3 is 10.4 Å². The number of aliphatic hydroxyl groups is 1. The van der Waals surface area contributed by atoms with Crippen LogP contribution in [-0.4, -0.2) is 17.3 Å². The van der Waals surface area contributed by atoms with Crippen LogP contribution in [0.4, 0.5) is 23.2 Å². The molecule has 0 aromatic heterocycles. The van der Waals surface area contributed by atoms with E-state index in [1.807, 2.05) is 0 Å². The van der Waals surface area contributed by atoms with Crippen LogP contribution in [0.5, 0.6) is 0 Å². The van der Waals surface area contributed by atoms with Gasteiger partial charge >= 0.3 is 0 Å². The Morgan fingerprint density at radius 2 is 1.67 bits per heavy atom. The maximum absolute atomic E-state index is 13.4. The molecule has 1 saturated carbocycles. The molecule has 1 aliphatic rings. The number of hydrogen-bond donors (Lipinski definition) is 2. The number of hydrogen-bond acceptors (Lipinski definition) is 2. The number of anilines is 1. The summed E-state index contributed by atoms with van der Waals surface area (Å²) in [4.78, 5) is 0. The number of benzene rings is 1. The van der Waals surface area contributed by atoms with E-state index in [2.05, 4.69) is 5.32 Å². The van der Waals surface area contributed by atoms with Gasteiger partial charge in [-0.05, 0) is 6.42 Å². The van der Waals surface area contributed by atoms with Crippen molar-refractivity contribution >= 4 is 5.69 Å². The smallest absolute Gasteiger partial charge is 0.185 e. The topological polar surface area (TPSA) is 32.3 Å². The van der Waals surface area contributed by atoms with E-state index in [0.29, 0.717) is 0 Å². The van der Waals surface area contributed by atoms with Crippen LogP contribution in [0.2, 0.25) is 0 Å². The Balaban J connectivity index is 2.31. The average Bonchev–Trinajstić information content (AvgIpc) is 2.30. The average molecular weight is 263 g/mol. The Morgan fingerprint density at radius 1 is 1.17 bits per heavy atom. The van der Waals surface area contributed by atoms with Crippen molar-refractivity contribution in [1.82, 2.24) is 0 Å². The zero-order valence-corrected chi connectivity index (χ0v) is 9.90. The maximum atomic E-state index is 13.4. The predicted molar refractivity (Wildman–Crippen MR) is 58.1 cm³/mol. The van der Waals surface area contributed by atoms with Crippen LogP contribution in [0.15, 0.2) is 6.07 Å². The molecule has 1 aromatic carbocycles. The van der Waals surface area contributed by atoms with E-state index in [1.165, 1.54) is 0 Å². The Labute approximate surface area is 102 Å². The van der Waals surface area contributed by atoms with Crippen molar-refractivity contribution in [3.63, 3.8) is 0 Å². The van der Waals surface area contributed by atoms with Crippen molar-refractivity contribution in [1.29, 1.82) is 0 Å². The molecule has 0 bridgehead atoms. The second-order valence-electron chi connectivity index (χ2n) is 5.11. The minimum absolute atomic E-state index is 0.163. The third-order valence-electron chi connectivity index (χ3n) is 3.65. The third-order valence-corrected chi connectivity index (χ3v) is 3.65. The first-order valence-electron chi connectivity index (χ1n) is 5.52. The fraction of sp³-hybridized carbons (Fsp3) is 0.500. The first-order chi connectivity index (χ1) is 8.25. The molecule has 2 nitrogen and oxygen atoms in total. The second-order valence-corrected chi connectivity index (χ2v) is 5.11. The Kier molecular flexibility index (Phi) is 3.01. The van der Waals surface area contributed by atoms with Gasteiger partial charge in [0.05, 0.1) is 6.10 Å². The Morgan fingerprint density at radius 3 is 2.06 bits per heavy atom. The van der Waals surface area contributed by atoms with Crippen LogP contribution in [0.25, 0.3) is 0 Å². The highest BCUT2D eigenvalue weighted by Crippen LogP contribution is 2.43. The van der Waals surface area contributed by atoms with Crippen LogP contribution in [0.1, 0.15) is 20.3 Å². The van der Waals surface area contributed by atoms with Gasteiger partial charge in [-0.3, -0.25) is 0 Å². The van der Waals surface area contributed by atoms with Crippen molar-refractivity contribution in [3.8, 4) is 0 Å². The van der Waals surface area contributed by atoms with Gasteiger partial charge in [0, 0.05) is 17.5 Å². The van der Waals surface area contributed by atoms with Gasteiger partial charge in [0.15, 0.2) is 23.3 Å². The summed E-state index contributed by atoms with van der Waals surface area (Å²) < 4.78 is 52.8. The molecule has 0 radical (unpaired) electrons. The van der Waals surface area contributed by atoms with E-state index < -0.39 is 46.5 Å². The number of nitrogens with one attached hydrogen (secondary N) is 1. The fourth-order valence-corrected chi connectivity index (χ4v) is 2.02. The molecule has 100 valence electrons. The molecular weight excluding hydrogens is 250 g/mol. The van der Waals surface area contributed by atoms with Crippen molar-refractivity contribution in [2.24, 2.45) is 5.41 Å². The quantitative estimate of drug-likeness (QED) is 0.635. The van der Waals surface area contributed by atoms with Crippen molar-refractivity contribution < 1.29 is 22.7 Å². The first-order valence-corrected chi connectivity index (χ1v) is 5.52. The van der Waals surface area contributed by atoms with E-state index >= 15 is 0 Å². The summed E-state index contributed by atoms with van der Waals surface area (Å²) in [5.74, 6) is -5.81. The van der Waals surface area contributed by atoms with Gasteiger partial charge in [0.25, 0.3) is 0 Å². The van der Waals surface area contributed by atoms with E-state index in [-0.39, 0.29) is 12.5 Å². The Bertz CT molecular complexity index is 463. The molecule has 0 amide bonds. The van der Waals surface area contributed by atoms with Crippen LogP contribution in [-0.2, 0) is 0 Å². The lowest BCUT2D eigenvalue weighted by molar-refractivity contribution is -0.0512. The fourth-order valence-electron chi connectivity index (χ4n) is 2.02. The first kappa shape index (κ1) is 13.1. The minimum Gasteiger partial charge on any atom is -0.392 e. The lowest BCUT2D eigenvalue weighted by Gasteiger charge is -2.49. The molecule has 2 unspecified atom stereocenters. The highest BCUT2D eigenvalue weighted by atomic mass is 19.2. The summed E-state index contributed by atoms with van der Waals surface area (Å²) in [6.45, 7) is 3.40. The van der Waals surface area contributed by atoms with Crippen LogP contribution in [0.3, 0.4) is 0 Å². The summed E-state index contributed by atoms with van der Waals surface area (Å²) in [6.07, 6.45) is -0.344. The lowest BCUT2D eigenvalue weighted by Crippen LogP contribution is -2.57. The molecule has 2 rings (SSSR count). The van der Waals surface area contributed by atoms with E-state index in [0.717, 1.165) is 0 Å². The molecule has 0 aliphatic heterocycles. The third kappa shape index (κ3) is 1.84. The van der Waals surface area contributed by atoms with Crippen LogP contribution >= 0.6 is 0 Å². The molecule has 1 aliphatic carbocycles. The summed E-state index contributed by atoms with van der Waals surface area (Å²) >= 11 is 0. The van der Waals surface area contributed by atoms with Gasteiger partial charge in [-0.1, -0.05) is 13.8 Å². The van der Waals surface area contributed by atoms with Crippen molar-refractivity contribution in [2.75, 3.05) is 5.32 Å². The van der Waals surface area contributed by atoms with Gasteiger partial charge in [-0.15, -0.1) is 0 Å². The summed E-state index contributed by atoms with van der Waals surface area (Å²) in [6, 6.07) is -0.283. The zero-order valence-electron chi connectivity index (χ0n) is 9.90. The van der Waals surface area contributed by atoms with Crippen molar-refractivity contribution in [2.45, 2.75) is 32.4 Å². The molecule has 0 spiro atoms. The molecular formula is C12H13F4NO. The normalized spacial score (nSPS) is 25.7. The van der Waals surface area contributed by atoms with Gasteiger partial charge in [-0.2, -0.15) is 0 Å². The molecule has 1 aromatic rings. The second kappa shape index (κ2) is 4.12. The number of aliphatic hydroxyl groups excluding tert-OH is 1. The minimum atomic E-state index is -1.45. The molecule has 1 fully saturated rings. The van der Waals surface area contributed by atoms with Gasteiger partial charge in [0.2, 0.25) is 0 Å². The number of halogens is 4. The van der Waals surface area contributed by atoms with E-state index in [9.17, 15) is 22.7 Å². The molecule has 6 heteroatoms.